The molecule has 0 bridgehead atoms. The molecule has 17 heavy (non-hydrogen) atoms. The first-order chi connectivity index (χ1) is 8.28. The highest BCUT2D eigenvalue weighted by atomic mass is 15.1. The number of unbranched alkanes of at least 4 members (excludes halogenated alkanes) is 2. The normalized spacial score (nSPS) is 13.2. The summed E-state index contributed by atoms with van der Waals surface area (Å²) in [6.07, 6.45) is 7.89. The lowest BCUT2D eigenvalue weighted by Crippen LogP contribution is -2.41. The molecule has 0 aliphatic heterocycles. The van der Waals surface area contributed by atoms with E-state index in [4.69, 9.17) is 0 Å². The molecule has 1 unspecified atom stereocenters. The van der Waals surface area contributed by atoms with E-state index in [1.54, 1.807) is 0 Å². The Labute approximate surface area is 109 Å². The lowest BCUT2D eigenvalue weighted by molar-refractivity contribution is 0.230. The molecule has 0 fully saturated rings. The van der Waals surface area contributed by atoms with Gasteiger partial charge >= 0.3 is 0 Å². The predicted octanol–water partition coefficient (Wildman–Crippen LogP) is 3.67. The lowest BCUT2D eigenvalue weighted by atomic mass is 10.1. The average Bonchev–Trinajstić information content (AvgIpc) is 2.33. The quantitative estimate of drug-likeness (QED) is 0.562. The standard InChI is InChI=1S/C15H34N2/c1-5-9-12-17(13-10-6-2)14-15(11-7-3)16-8-4/h15-16H,5-14H2,1-4H3. The molecule has 0 amide bonds. The average molecular weight is 242 g/mol. The van der Waals surface area contributed by atoms with Crippen molar-refractivity contribution in [3.63, 3.8) is 0 Å². The zero-order valence-electron chi connectivity index (χ0n) is 12.6. The number of likely N-dealkylation sites (N-methyl/N-ethyl adjacent to an activating group) is 1. The van der Waals surface area contributed by atoms with Crippen LogP contribution in [0.5, 0.6) is 0 Å². The number of rotatable bonds is 12. The van der Waals surface area contributed by atoms with Crippen LogP contribution < -0.4 is 5.32 Å². The highest BCUT2D eigenvalue weighted by Gasteiger charge is 2.11. The maximum atomic E-state index is 3.63. The van der Waals surface area contributed by atoms with Gasteiger partial charge in [-0.1, -0.05) is 47.0 Å². The Morgan fingerprint density at radius 1 is 0.882 bits per heavy atom. The van der Waals surface area contributed by atoms with Crippen molar-refractivity contribution in [2.24, 2.45) is 0 Å². The van der Waals surface area contributed by atoms with Crippen molar-refractivity contribution < 1.29 is 0 Å². The van der Waals surface area contributed by atoms with Gasteiger partial charge in [0.2, 0.25) is 0 Å². The summed E-state index contributed by atoms with van der Waals surface area (Å²) in [5, 5.41) is 3.63. The molecule has 0 heterocycles. The summed E-state index contributed by atoms with van der Waals surface area (Å²) >= 11 is 0. The molecule has 0 saturated carbocycles. The van der Waals surface area contributed by atoms with Crippen LogP contribution in [0.2, 0.25) is 0 Å². The van der Waals surface area contributed by atoms with Crippen LogP contribution in [0.3, 0.4) is 0 Å². The summed E-state index contributed by atoms with van der Waals surface area (Å²) in [5.74, 6) is 0. The Morgan fingerprint density at radius 2 is 1.47 bits per heavy atom. The molecule has 0 aliphatic carbocycles. The fourth-order valence-corrected chi connectivity index (χ4v) is 2.26. The van der Waals surface area contributed by atoms with E-state index in [1.165, 1.54) is 58.2 Å². The molecule has 0 rings (SSSR count). The molecular weight excluding hydrogens is 208 g/mol. The van der Waals surface area contributed by atoms with Crippen LogP contribution in [0, 0.1) is 0 Å². The van der Waals surface area contributed by atoms with Crippen molar-refractivity contribution >= 4 is 0 Å². The molecule has 104 valence electrons. The molecule has 2 heteroatoms. The van der Waals surface area contributed by atoms with Gasteiger partial charge in [-0.2, -0.15) is 0 Å². The Morgan fingerprint density at radius 3 is 1.88 bits per heavy atom. The molecular formula is C15H34N2. The molecule has 0 radical (unpaired) electrons. The van der Waals surface area contributed by atoms with E-state index >= 15 is 0 Å². The molecule has 2 nitrogen and oxygen atoms in total. The van der Waals surface area contributed by atoms with Gasteiger partial charge in [-0.3, -0.25) is 0 Å². The van der Waals surface area contributed by atoms with Gasteiger partial charge in [0.15, 0.2) is 0 Å². The van der Waals surface area contributed by atoms with Gasteiger partial charge in [-0.05, 0) is 38.9 Å². The van der Waals surface area contributed by atoms with Gasteiger partial charge in [-0.15, -0.1) is 0 Å². The molecule has 1 N–H and O–H groups in total. The van der Waals surface area contributed by atoms with Crippen LogP contribution in [0.15, 0.2) is 0 Å². The minimum absolute atomic E-state index is 0.693. The van der Waals surface area contributed by atoms with Gasteiger partial charge in [0.05, 0.1) is 0 Å². The summed E-state index contributed by atoms with van der Waals surface area (Å²) in [4.78, 5) is 2.66. The Hall–Kier alpha value is -0.0800. The Bertz CT molecular complexity index is 134. The first kappa shape index (κ1) is 16.9. The van der Waals surface area contributed by atoms with E-state index < -0.39 is 0 Å². The van der Waals surface area contributed by atoms with Crippen molar-refractivity contribution in [1.82, 2.24) is 10.2 Å². The van der Waals surface area contributed by atoms with Crippen LogP contribution in [0.4, 0.5) is 0 Å². The monoisotopic (exact) mass is 242 g/mol. The Balaban J connectivity index is 4.04. The maximum absolute atomic E-state index is 3.63. The largest absolute Gasteiger partial charge is 0.313 e. The van der Waals surface area contributed by atoms with Gasteiger partial charge < -0.3 is 10.2 Å². The fraction of sp³-hybridized carbons (Fsp3) is 1.00. The van der Waals surface area contributed by atoms with E-state index in [0.29, 0.717) is 6.04 Å². The number of nitrogens with one attached hydrogen (secondary N) is 1. The molecule has 0 saturated heterocycles. The molecule has 0 spiro atoms. The summed E-state index contributed by atoms with van der Waals surface area (Å²) < 4.78 is 0. The maximum Gasteiger partial charge on any atom is 0.0194 e. The highest BCUT2D eigenvalue weighted by molar-refractivity contribution is 4.71. The van der Waals surface area contributed by atoms with Crippen molar-refractivity contribution in [3.8, 4) is 0 Å². The number of hydrogen-bond acceptors (Lipinski definition) is 2. The zero-order valence-corrected chi connectivity index (χ0v) is 12.6. The van der Waals surface area contributed by atoms with Gasteiger partial charge in [0, 0.05) is 12.6 Å². The molecule has 0 aliphatic rings. The molecule has 0 aromatic rings. The fourth-order valence-electron chi connectivity index (χ4n) is 2.26. The van der Waals surface area contributed by atoms with E-state index in [2.05, 4.69) is 37.9 Å². The first-order valence-electron chi connectivity index (χ1n) is 7.74. The zero-order chi connectivity index (χ0) is 12.9. The van der Waals surface area contributed by atoms with Gasteiger partial charge in [0.25, 0.3) is 0 Å². The third kappa shape index (κ3) is 9.61. The minimum Gasteiger partial charge on any atom is -0.313 e. The first-order valence-corrected chi connectivity index (χ1v) is 7.74. The number of nitrogens with zero attached hydrogens (tertiary/aromatic N) is 1. The van der Waals surface area contributed by atoms with Crippen LogP contribution in [-0.4, -0.2) is 37.1 Å². The van der Waals surface area contributed by atoms with Crippen LogP contribution >= 0.6 is 0 Å². The summed E-state index contributed by atoms with van der Waals surface area (Å²) in [6.45, 7) is 14.0. The third-order valence-electron chi connectivity index (χ3n) is 3.26. The van der Waals surface area contributed by atoms with Gasteiger partial charge in [0.1, 0.15) is 0 Å². The Kier molecular flexibility index (Phi) is 12.3. The second-order valence-electron chi connectivity index (χ2n) is 5.05. The molecule has 0 aromatic heterocycles. The van der Waals surface area contributed by atoms with E-state index in [-0.39, 0.29) is 0 Å². The summed E-state index contributed by atoms with van der Waals surface area (Å²) in [7, 11) is 0. The predicted molar refractivity (Wildman–Crippen MR) is 78.6 cm³/mol. The van der Waals surface area contributed by atoms with E-state index in [1.807, 2.05) is 0 Å². The SMILES string of the molecule is CCCCN(CCCC)CC(CCC)NCC. The van der Waals surface area contributed by atoms with Crippen molar-refractivity contribution in [1.29, 1.82) is 0 Å². The van der Waals surface area contributed by atoms with Crippen molar-refractivity contribution in [3.05, 3.63) is 0 Å². The molecule has 1 atom stereocenters. The van der Waals surface area contributed by atoms with Crippen LogP contribution in [0.1, 0.15) is 66.2 Å². The van der Waals surface area contributed by atoms with E-state index in [0.717, 1.165) is 6.54 Å². The third-order valence-corrected chi connectivity index (χ3v) is 3.26. The van der Waals surface area contributed by atoms with Crippen LogP contribution in [0.25, 0.3) is 0 Å². The topological polar surface area (TPSA) is 15.3 Å². The smallest absolute Gasteiger partial charge is 0.0194 e. The lowest BCUT2D eigenvalue weighted by Gasteiger charge is -2.28. The summed E-state index contributed by atoms with van der Waals surface area (Å²) in [5.41, 5.74) is 0. The van der Waals surface area contributed by atoms with E-state index in [9.17, 15) is 0 Å². The minimum atomic E-state index is 0.693. The van der Waals surface area contributed by atoms with Gasteiger partial charge in [-0.25, -0.2) is 0 Å². The van der Waals surface area contributed by atoms with Crippen molar-refractivity contribution in [2.75, 3.05) is 26.2 Å². The highest BCUT2D eigenvalue weighted by Crippen LogP contribution is 2.04. The molecule has 0 aromatic carbocycles. The second-order valence-corrected chi connectivity index (χ2v) is 5.05. The van der Waals surface area contributed by atoms with Crippen LogP contribution in [-0.2, 0) is 0 Å². The summed E-state index contributed by atoms with van der Waals surface area (Å²) in [6, 6.07) is 0.693. The number of hydrogen-bond donors (Lipinski definition) is 1. The second kappa shape index (κ2) is 12.4. The van der Waals surface area contributed by atoms with Crippen molar-refractivity contribution in [2.45, 2.75) is 72.3 Å².